The standard InChI is InChI=1S/C13H19BrN2O2S/c1-16-10-2-3-12(16)8-9-15-19(17,18)13-6-4-11(14)5-7-13/h4-7,12,15H,2-3,8-10H2,1H3/t12-/m1/s1. The fourth-order valence-corrected chi connectivity index (χ4v) is 3.71. The number of sulfonamides is 1. The van der Waals surface area contributed by atoms with Crippen LogP contribution in [0.15, 0.2) is 33.6 Å². The van der Waals surface area contributed by atoms with Crippen LogP contribution in [-0.2, 0) is 10.0 Å². The normalized spacial score (nSPS) is 20.8. The van der Waals surface area contributed by atoms with E-state index in [0.29, 0.717) is 17.5 Å². The van der Waals surface area contributed by atoms with Gasteiger partial charge in [-0.15, -0.1) is 0 Å². The summed E-state index contributed by atoms with van der Waals surface area (Å²) in [4.78, 5) is 2.61. The lowest BCUT2D eigenvalue weighted by Crippen LogP contribution is -2.31. The van der Waals surface area contributed by atoms with Gasteiger partial charge in [-0.2, -0.15) is 0 Å². The lowest BCUT2D eigenvalue weighted by atomic mass is 10.1. The highest BCUT2D eigenvalue weighted by Crippen LogP contribution is 2.18. The van der Waals surface area contributed by atoms with Crippen LogP contribution in [0.25, 0.3) is 0 Å². The molecule has 0 amide bonds. The first kappa shape index (κ1) is 15.0. The Morgan fingerprint density at radius 1 is 1.37 bits per heavy atom. The van der Waals surface area contributed by atoms with Crippen molar-refractivity contribution >= 4 is 26.0 Å². The molecule has 1 saturated heterocycles. The number of rotatable bonds is 5. The van der Waals surface area contributed by atoms with E-state index in [2.05, 4.69) is 32.6 Å². The molecule has 0 saturated carbocycles. The molecule has 1 aromatic carbocycles. The molecule has 0 unspecified atom stereocenters. The molecule has 0 aliphatic carbocycles. The second-order valence-corrected chi connectivity index (χ2v) is 7.60. The molecule has 4 nitrogen and oxygen atoms in total. The van der Waals surface area contributed by atoms with Gasteiger partial charge in [0.05, 0.1) is 4.90 Å². The van der Waals surface area contributed by atoms with Crippen LogP contribution in [0, 0.1) is 0 Å². The van der Waals surface area contributed by atoms with Gasteiger partial charge in [0.15, 0.2) is 0 Å². The van der Waals surface area contributed by atoms with E-state index < -0.39 is 10.0 Å². The summed E-state index contributed by atoms with van der Waals surface area (Å²) in [5, 5.41) is 0. The fourth-order valence-electron chi connectivity index (χ4n) is 2.40. The van der Waals surface area contributed by atoms with E-state index in [9.17, 15) is 8.42 Å². The van der Waals surface area contributed by atoms with Crippen LogP contribution in [0.3, 0.4) is 0 Å². The molecule has 1 fully saturated rings. The van der Waals surface area contributed by atoms with Crippen molar-refractivity contribution < 1.29 is 8.42 Å². The first-order chi connectivity index (χ1) is 8.99. The number of benzene rings is 1. The molecular weight excluding hydrogens is 328 g/mol. The minimum absolute atomic E-state index is 0.315. The highest BCUT2D eigenvalue weighted by molar-refractivity contribution is 9.10. The van der Waals surface area contributed by atoms with Gasteiger partial charge < -0.3 is 4.90 Å². The Hall–Kier alpha value is -0.430. The van der Waals surface area contributed by atoms with Gasteiger partial charge in [0.25, 0.3) is 0 Å². The lowest BCUT2D eigenvalue weighted by molar-refractivity contribution is 0.297. The van der Waals surface area contributed by atoms with E-state index in [-0.39, 0.29) is 0 Å². The molecule has 1 atom stereocenters. The van der Waals surface area contributed by atoms with Crippen LogP contribution in [-0.4, -0.2) is 39.5 Å². The molecule has 0 radical (unpaired) electrons. The molecule has 0 aromatic heterocycles. The summed E-state index contributed by atoms with van der Waals surface area (Å²) in [5.41, 5.74) is 0. The van der Waals surface area contributed by atoms with Crippen molar-refractivity contribution in [2.75, 3.05) is 20.1 Å². The summed E-state index contributed by atoms with van der Waals surface area (Å²) in [5.74, 6) is 0. The Morgan fingerprint density at radius 2 is 2.05 bits per heavy atom. The molecule has 6 heteroatoms. The predicted octanol–water partition coefficient (Wildman–Crippen LogP) is 2.21. The van der Waals surface area contributed by atoms with E-state index in [1.54, 1.807) is 24.3 Å². The molecule has 106 valence electrons. The number of halogens is 1. The van der Waals surface area contributed by atoms with Gasteiger partial charge in [-0.3, -0.25) is 0 Å². The van der Waals surface area contributed by atoms with Crippen LogP contribution in [0.4, 0.5) is 0 Å². The number of hydrogen-bond donors (Lipinski definition) is 1. The number of nitrogens with zero attached hydrogens (tertiary/aromatic N) is 1. The van der Waals surface area contributed by atoms with Gasteiger partial charge in [0.1, 0.15) is 0 Å². The van der Waals surface area contributed by atoms with Crippen molar-refractivity contribution in [2.24, 2.45) is 0 Å². The summed E-state index contributed by atoms with van der Waals surface area (Å²) in [7, 11) is -1.28. The number of hydrogen-bond acceptors (Lipinski definition) is 3. The van der Waals surface area contributed by atoms with Gasteiger partial charge in [-0.1, -0.05) is 15.9 Å². The Kier molecular flexibility index (Phi) is 5.00. The maximum absolute atomic E-state index is 12.1. The lowest BCUT2D eigenvalue weighted by Gasteiger charge is -2.19. The van der Waals surface area contributed by atoms with Crippen LogP contribution in [0.1, 0.15) is 19.3 Å². The van der Waals surface area contributed by atoms with Gasteiger partial charge in [-0.05, 0) is 57.1 Å². The highest BCUT2D eigenvalue weighted by Gasteiger charge is 2.21. The van der Waals surface area contributed by atoms with Gasteiger partial charge in [0.2, 0.25) is 10.0 Å². The third-order valence-electron chi connectivity index (χ3n) is 3.57. The molecule has 1 N–H and O–H groups in total. The van der Waals surface area contributed by atoms with E-state index in [4.69, 9.17) is 0 Å². The minimum atomic E-state index is -3.38. The Labute approximate surface area is 123 Å². The van der Waals surface area contributed by atoms with Gasteiger partial charge >= 0.3 is 0 Å². The average Bonchev–Trinajstić information content (AvgIpc) is 2.75. The molecule has 19 heavy (non-hydrogen) atoms. The van der Waals surface area contributed by atoms with E-state index in [1.165, 1.54) is 6.42 Å². The van der Waals surface area contributed by atoms with Crippen LogP contribution in [0.5, 0.6) is 0 Å². The second-order valence-electron chi connectivity index (χ2n) is 4.92. The first-order valence-corrected chi connectivity index (χ1v) is 8.72. The smallest absolute Gasteiger partial charge is 0.240 e. The first-order valence-electron chi connectivity index (χ1n) is 6.44. The molecule has 0 bridgehead atoms. The summed E-state index contributed by atoms with van der Waals surface area (Å²) in [6, 6.07) is 7.19. The molecule has 1 heterocycles. The SMILES string of the molecule is CN1CCC[C@@H]1CCNS(=O)(=O)c1ccc(Br)cc1. The molecule has 1 aliphatic rings. The maximum Gasteiger partial charge on any atom is 0.240 e. The van der Waals surface area contributed by atoms with Crippen molar-refractivity contribution in [2.45, 2.75) is 30.2 Å². The van der Waals surface area contributed by atoms with Crippen LogP contribution in [0.2, 0.25) is 0 Å². The number of nitrogens with one attached hydrogen (secondary N) is 1. The average molecular weight is 347 g/mol. The zero-order valence-electron chi connectivity index (χ0n) is 11.0. The van der Waals surface area contributed by atoms with Crippen molar-refractivity contribution in [3.05, 3.63) is 28.7 Å². The van der Waals surface area contributed by atoms with E-state index >= 15 is 0 Å². The fraction of sp³-hybridized carbons (Fsp3) is 0.538. The third kappa shape index (κ3) is 4.02. The van der Waals surface area contributed by atoms with Crippen molar-refractivity contribution in [3.8, 4) is 0 Å². The topological polar surface area (TPSA) is 49.4 Å². The summed E-state index contributed by atoms with van der Waals surface area (Å²) in [6.07, 6.45) is 3.24. The van der Waals surface area contributed by atoms with Crippen LogP contribution < -0.4 is 4.72 Å². The highest BCUT2D eigenvalue weighted by atomic mass is 79.9. The van der Waals surface area contributed by atoms with Gasteiger partial charge in [-0.25, -0.2) is 13.1 Å². The second kappa shape index (κ2) is 6.35. The quantitative estimate of drug-likeness (QED) is 0.889. The van der Waals surface area contributed by atoms with Crippen molar-refractivity contribution in [1.29, 1.82) is 0 Å². The molecule has 0 spiro atoms. The van der Waals surface area contributed by atoms with Crippen molar-refractivity contribution in [1.82, 2.24) is 9.62 Å². The monoisotopic (exact) mass is 346 g/mol. The summed E-state index contributed by atoms with van der Waals surface area (Å²) < 4.78 is 27.7. The van der Waals surface area contributed by atoms with E-state index in [1.807, 2.05) is 0 Å². The molecule has 1 aromatic rings. The summed E-state index contributed by atoms with van der Waals surface area (Å²) >= 11 is 3.30. The Morgan fingerprint density at radius 3 is 2.63 bits per heavy atom. The molecule has 2 rings (SSSR count). The van der Waals surface area contributed by atoms with E-state index in [0.717, 1.165) is 23.9 Å². The van der Waals surface area contributed by atoms with Gasteiger partial charge in [0, 0.05) is 17.1 Å². The molecule has 1 aliphatic heterocycles. The van der Waals surface area contributed by atoms with Crippen molar-refractivity contribution in [3.63, 3.8) is 0 Å². The zero-order valence-corrected chi connectivity index (χ0v) is 13.4. The maximum atomic E-state index is 12.1. The predicted molar refractivity (Wildman–Crippen MR) is 79.6 cm³/mol. The Bertz CT molecular complexity index is 516. The Balaban J connectivity index is 1.89. The number of likely N-dealkylation sites (tertiary alicyclic amines) is 1. The largest absolute Gasteiger partial charge is 0.303 e. The zero-order chi connectivity index (χ0) is 13.9. The molecular formula is C13H19BrN2O2S. The summed E-state index contributed by atoms with van der Waals surface area (Å²) in [6.45, 7) is 1.61. The third-order valence-corrected chi connectivity index (χ3v) is 5.57. The minimum Gasteiger partial charge on any atom is -0.303 e. The van der Waals surface area contributed by atoms with Crippen LogP contribution >= 0.6 is 15.9 Å².